The van der Waals surface area contributed by atoms with Crippen LogP contribution in [-0.2, 0) is 10.1 Å². The second kappa shape index (κ2) is 8.98. The van der Waals surface area contributed by atoms with Crippen molar-refractivity contribution in [2.45, 2.75) is 4.90 Å². The summed E-state index contributed by atoms with van der Waals surface area (Å²) in [5, 5.41) is 2.15. The average molecular weight is 610 g/mol. The Morgan fingerprint density at radius 3 is 1.38 bits per heavy atom. The molecular formula is C32H19N9O3S. The second-order valence-electron chi connectivity index (χ2n) is 10.6. The van der Waals surface area contributed by atoms with Gasteiger partial charge in [0.2, 0.25) is 0 Å². The van der Waals surface area contributed by atoms with Crippen LogP contribution in [0.15, 0.2) is 89.8 Å². The zero-order chi connectivity index (χ0) is 30.4. The lowest BCUT2D eigenvalue weighted by atomic mass is 10.1. The van der Waals surface area contributed by atoms with E-state index in [1.807, 2.05) is 72.8 Å². The van der Waals surface area contributed by atoms with Crippen LogP contribution in [0.3, 0.4) is 0 Å². The summed E-state index contributed by atoms with van der Waals surface area (Å²) in [7, 11) is -4.77. The third kappa shape index (κ3) is 3.78. The third-order valence-electron chi connectivity index (χ3n) is 7.96. The van der Waals surface area contributed by atoms with Crippen molar-refractivity contribution in [1.82, 2.24) is 39.9 Å². The molecule has 0 fully saturated rings. The first-order valence-electron chi connectivity index (χ1n) is 13.8. The van der Waals surface area contributed by atoms with Gasteiger partial charge in [0.25, 0.3) is 10.1 Å². The van der Waals surface area contributed by atoms with Crippen LogP contribution in [0.5, 0.6) is 0 Å². The molecule has 0 amide bonds. The minimum absolute atomic E-state index is 0.0755. The van der Waals surface area contributed by atoms with Crippen molar-refractivity contribution in [3.63, 3.8) is 0 Å². The number of aromatic amines is 2. The Labute approximate surface area is 253 Å². The van der Waals surface area contributed by atoms with E-state index in [9.17, 15) is 13.0 Å². The maximum atomic E-state index is 12.7. The Hall–Kier alpha value is -6.05. The van der Waals surface area contributed by atoms with Crippen molar-refractivity contribution in [3.05, 3.63) is 84.9 Å². The molecule has 3 aromatic heterocycles. The molecule has 0 atom stereocenters. The Morgan fingerprint density at radius 1 is 0.511 bits per heavy atom. The van der Waals surface area contributed by atoms with E-state index in [2.05, 4.69) is 9.97 Å². The normalized spacial score (nSPS) is 12.4. The van der Waals surface area contributed by atoms with Crippen LogP contribution in [0.25, 0.3) is 89.7 Å². The second-order valence-corrected chi connectivity index (χ2v) is 12.0. The number of rotatable bonds is 1. The summed E-state index contributed by atoms with van der Waals surface area (Å²) in [6.45, 7) is 0. The van der Waals surface area contributed by atoms with Gasteiger partial charge in [-0.1, -0.05) is 72.8 Å². The molecule has 9 rings (SSSR count). The first-order valence-corrected chi connectivity index (χ1v) is 15.3. The molecule has 2 aliphatic heterocycles. The topological polar surface area (TPSA) is 189 Å². The van der Waals surface area contributed by atoms with Gasteiger partial charge in [-0.05, 0) is 12.1 Å². The monoisotopic (exact) mass is 609 g/mol. The molecule has 8 bridgehead atoms. The number of H-pyrrole nitrogens is 2. The van der Waals surface area contributed by atoms with Gasteiger partial charge in [-0.25, -0.2) is 29.9 Å². The first-order chi connectivity index (χ1) is 21.8. The highest BCUT2D eigenvalue weighted by Gasteiger charge is 2.25. The van der Waals surface area contributed by atoms with Gasteiger partial charge in [-0.2, -0.15) is 8.42 Å². The van der Waals surface area contributed by atoms with Crippen molar-refractivity contribution in [3.8, 4) is 45.6 Å². The maximum absolute atomic E-state index is 12.7. The van der Waals surface area contributed by atoms with Gasteiger partial charge in [0.05, 0.1) is 11.1 Å². The molecule has 2 aliphatic rings. The number of nitrogen functional groups attached to an aromatic ring is 1. The fourth-order valence-corrected chi connectivity index (χ4v) is 6.83. The predicted octanol–water partition coefficient (Wildman–Crippen LogP) is 5.70. The smallest absolute Gasteiger partial charge is 0.297 e. The summed E-state index contributed by atoms with van der Waals surface area (Å²) in [6.07, 6.45) is 0. The van der Waals surface area contributed by atoms with Crippen molar-refractivity contribution in [2.24, 2.45) is 0 Å². The van der Waals surface area contributed by atoms with Crippen LogP contribution in [0.2, 0.25) is 0 Å². The van der Waals surface area contributed by atoms with Crippen LogP contribution in [0.4, 0.5) is 5.69 Å². The van der Waals surface area contributed by atoms with E-state index in [4.69, 9.17) is 35.6 Å². The Morgan fingerprint density at radius 2 is 0.911 bits per heavy atom. The molecule has 0 spiro atoms. The number of nitrogens with two attached hydrogens (primary N) is 1. The summed E-state index contributed by atoms with van der Waals surface area (Å²) in [4.78, 5) is 35.2. The molecule has 0 saturated heterocycles. The molecule has 4 aromatic carbocycles. The van der Waals surface area contributed by atoms with E-state index in [1.54, 1.807) is 6.07 Å². The van der Waals surface area contributed by atoms with E-state index < -0.39 is 15.0 Å². The lowest BCUT2D eigenvalue weighted by Gasteiger charge is -2.04. The molecule has 45 heavy (non-hydrogen) atoms. The molecule has 7 aromatic rings. The number of hydrogen-bond acceptors (Lipinski definition) is 9. The van der Waals surface area contributed by atoms with Crippen molar-refractivity contribution < 1.29 is 13.0 Å². The van der Waals surface area contributed by atoms with E-state index in [1.165, 1.54) is 6.07 Å². The van der Waals surface area contributed by atoms with Gasteiger partial charge >= 0.3 is 0 Å². The van der Waals surface area contributed by atoms with Gasteiger partial charge in [0.1, 0.15) is 27.5 Å². The highest BCUT2D eigenvalue weighted by Crippen LogP contribution is 2.38. The molecule has 5 heterocycles. The van der Waals surface area contributed by atoms with Crippen molar-refractivity contribution in [2.75, 3.05) is 5.73 Å². The lowest BCUT2D eigenvalue weighted by Crippen LogP contribution is -2.03. The number of hydrogen-bond donors (Lipinski definition) is 4. The molecular weight excluding hydrogens is 590 g/mol. The molecule has 0 saturated carbocycles. The Kier molecular flexibility index (Phi) is 5.08. The Bertz CT molecular complexity index is 2710. The molecule has 0 radical (unpaired) electrons. The van der Waals surface area contributed by atoms with Crippen LogP contribution in [0, 0.1) is 0 Å². The summed E-state index contributed by atoms with van der Waals surface area (Å²) in [5.41, 5.74) is 10.4. The van der Waals surface area contributed by atoms with Crippen LogP contribution < -0.4 is 5.73 Å². The highest BCUT2D eigenvalue weighted by atomic mass is 32.2. The van der Waals surface area contributed by atoms with Crippen LogP contribution in [0.1, 0.15) is 0 Å². The Balaban J connectivity index is 1.54. The molecule has 12 nitrogen and oxygen atoms in total. The van der Waals surface area contributed by atoms with Crippen molar-refractivity contribution in [1.29, 1.82) is 0 Å². The van der Waals surface area contributed by atoms with E-state index in [0.29, 0.717) is 39.7 Å². The van der Waals surface area contributed by atoms with E-state index >= 15 is 0 Å². The number of benzene rings is 4. The zero-order valence-electron chi connectivity index (χ0n) is 23.0. The molecule has 13 heteroatoms. The summed E-state index contributed by atoms with van der Waals surface area (Å²) >= 11 is 0. The standard InChI is InChI=1S/C32H19N9O3S/c33-22-14-13-21-23(24(22)45(42,43)44)32-40-30-20-12-6-5-11-19(20)28(38-30)36-26-16-8-2-1-7-15(16)25(34-26)35-27-17-9-3-4-10-18(17)29(37-27)39-31(21)41-32/h1-14H,33H2,(H,42,43,44)(H2,34,35,36,37,38,39,40,41). The summed E-state index contributed by atoms with van der Waals surface area (Å²) in [5.74, 6) is 1.49. The summed E-state index contributed by atoms with van der Waals surface area (Å²) in [6, 6.07) is 25.9. The van der Waals surface area contributed by atoms with Gasteiger partial charge in [0.15, 0.2) is 23.3 Å². The number of anilines is 1. The number of nitrogens with one attached hydrogen (secondary N) is 2. The molecule has 216 valence electrons. The van der Waals surface area contributed by atoms with Gasteiger partial charge in [0, 0.05) is 38.4 Å². The van der Waals surface area contributed by atoms with Crippen molar-refractivity contribution >= 4 is 59.9 Å². The summed E-state index contributed by atoms with van der Waals surface area (Å²) < 4.78 is 35.6. The minimum Gasteiger partial charge on any atom is -0.398 e. The predicted molar refractivity (Wildman–Crippen MR) is 170 cm³/mol. The quantitative estimate of drug-likeness (QED) is 0.133. The van der Waals surface area contributed by atoms with Gasteiger partial charge < -0.3 is 15.7 Å². The third-order valence-corrected chi connectivity index (χ3v) is 8.92. The molecule has 5 N–H and O–H groups in total. The maximum Gasteiger partial charge on any atom is 0.297 e. The number of aromatic nitrogens is 8. The van der Waals surface area contributed by atoms with E-state index in [0.717, 1.165) is 27.5 Å². The fraction of sp³-hybridized carbons (Fsp3) is 0. The highest BCUT2D eigenvalue weighted by molar-refractivity contribution is 7.86. The SMILES string of the molecule is Nc1ccc2c3nc4nc(nc5[nH]c(nc6nc(nc([nH]3)c2c1S(=O)(=O)O)-c1ccccc1-6)c1ccccc51)-c1ccccc1-4. The number of nitrogens with zero attached hydrogens (tertiary/aromatic N) is 6. The zero-order valence-corrected chi connectivity index (χ0v) is 23.8. The lowest BCUT2D eigenvalue weighted by molar-refractivity contribution is 0.484. The largest absolute Gasteiger partial charge is 0.398 e. The molecule has 0 aliphatic carbocycles. The first kappa shape index (κ1) is 25.4. The number of fused-ring (bicyclic) bond motifs is 20. The minimum atomic E-state index is -4.77. The average Bonchev–Trinajstić information content (AvgIpc) is 3.76. The van der Waals surface area contributed by atoms with Crippen LogP contribution >= 0.6 is 0 Å². The van der Waals surface area contributed by atoms with Gasteiger partial charge in [-0.15, -0.1) is 0 Å². The van der Waals surface area contributed by atoms with Gasteiger partial charge in [-0.3, -0.25) is 4.55 Å². The molecule has 0 unspecified atom stereocenters. The fourth-order valence-electron chi connectivity index (χ4n) is 5.99. The van der Waals surface area contributed by atoms with Crippen LogP contribution in [-0.4, -0.2) is 52.8 Å². The van der Waals surface area contributed by atoms with E-state index in [-0.39, 0.29) is 28.2 Å².